The minimum atomic E-state index is -0.891. The molecule has 2 atom stereocenters. The number of nitrogens with two attached hydrogens (primary N) is 1. The Bertz CT molecular complexity index is 615. The van der Waals surface area contributed by atoms with Crippen LogP contribution < -0.4 is 16.6 Å². The monoisotopic (exact) mass is 278 g/mol. The van der Waals surface area contributed by atoms with E-state index in [0.717, 1.165) is 0 Å². The average Bonchev–Trinajstić information content (AvgIpc) is 3.04. The lowest BCUT2D eigenvalue weighted by atomic mass is 9.97. The highest BCUT2D eigenvalue weighted by atomic mass is 16.5. The molecule has 0 spiro atoms. The van der Waals surface area contributed by atoms with Crippen LogP contribution in [0.5, 0.6) is 0 Å². The molecule has 20 heavy (non-hydrogen) atoms. The van der Waals surface area contributed by atoms with Gasteiger partial charge in [-0.25, -0.2) is 15.8 Å². The molecule has 1 fully saturated rings. The van der Waals surface area contributed by atoms with Gasteiger partial charge in [0.05, 0.1) is 12.3 Å². The number of aliphatic hydroxyl groups is 1. The number of ether oxygens (including phenoxy) is 1. The summed E-state index contributed by atoms with van der Waals surface area (Å²) in [4.78, 5) is 8.56. The Morgan fingerprint density at radius 2 is 2.50 bits per heavy atom. The third-order valence-corrected chi connectivity index (χ3v) is 3.74. The maximum atomic E-state index is 10.5. The zero-order valence-corrected chi connectivity index (χ0v) is 11.2. The first-order chi connectivity index (χ1) is 9.62. The number of aromatic nitrogens is 3. The van der Waals surface area contributed by atoms with E-state index in [2.05, 4.69) is 20.7 Å². The molecule has 8 nitrogen and oxygen atoms in total. The minimum Gasteiger partial charge on any atom is -0.385 e. The molecule has 0 aliphatic carbocycles. The van der Waals surface area contributed by atoms with E-state index in [1.807, 2.05) is 11.3 Å². The predicted molar refractivity (Wildman–Crippen MR) is 74.3 cm³/mol. The van der Waals surface area contributed by atoms with Gasteiger partial charge >= 0.3 is 0 Å². The molecule has 2 aromatic rings. The van der Waals surface area contributed by atoms with Gasteiger partial charge in [0.2, 0.25) is 0 Å². The molecule has 5 N–H and O–H groups in total. The second-order valence-corrected chi connectivity index (χ2v) is 5.00. The molecule has 3 rings (SSSR count). The third kappa shape index (κ3) is 2.17. The van der Waals surface area contributed by atoms with Crippen molar-refractivity contribution in [2.45, 2.75) is 25.0 Å². The SMILES string of the molecule is CC1OCCC1(O)CNc1nc(NN)cn2ccnc12. The van der Waals surface area contributed by atoms with Crippen LogP contribution in [0.2, 0.25) is 0 Å². The number of hydrogen-bond acceptors (Lipinski definition) is 7. The molecule has 0 amide bonds. The Balaban J connectivity index is 1.85. The fourth-order valence-corrected chi connectivity index (χ4v) is 2.36. The lowest BCUT2D eigenvalue weighted by molar-refractivity contribution is -0.0176. The second kappa shape index (κ2) is 4.89. The first kappa shape index (κ1) is 13.1. The zero-order chi connectivity index (χ0) is 14.2. The first-order valence-corrected chi connectivity index (χ1v) is 6.50. The van der Waals surface area contributed by atoms with Gasteiger partial charge in [-0.2, -0.15) is 0 Å². The quantitative estimate of drug-likeness (QED) is 0.459. The van der Waals surface area contributed by atoms with Gasteiger partial charge in [0, 0.05) is 32.0 Å². The van der Waals surface area contributed by atoms with Crippen molar-refractivity contribution in [2.75, 3.05) is 23.9 Å². The van der Waals surface area contributed by atoms with Crippen molar-refractivity contribution in [1.82, 2.24) is 14.4 Å². The van der Waals surface area contributed by atoms with Crippen LogP contribution in [0.1, 0.15) is 13.3 Å². The maximum absolute atomic E-state index is 10.5. The normalized spacial score (nSPS) is 26.1. The van der Waals surface area contributed by atoms with Gasteiger partial charge < -0.3 is 25.0 Å². The third-order valence-electron chi connectivity index (χ3n) is 3.74. The van der Waals surface area contributed by atoms with E-state index in [9.17, 15) is 5.11 Å². The van der Waals surface area contributed by atoms with E-state index in [4.69, 9.17) is 10.6 Å². The summed E-state index contributed by atoms with van der Waals surface area (Å²) in [6, 6.07) is 0. The Labute approximate surface area is 115 Å². The van der Waals surface area contributed by atoms with Crippen molar-refractivity contribution in [3.63, 3.8) is 0 Å². The number of hydrazine groups is 1. The van der Waals surface area contributed by atoms with Gasteiger partial charge in [-0.05, 0) is 6.92 Å². The summed E-state index contributed by atoms with van der Waals surface area (Å²) < 4.78 is 7.22. The second-order valence-electron chi connectivity index (χ2n) is 5.00. The summed E-state index contributed by atoms with van der Waals surface area (Å²) in [6.07, 6.45) is 5.61. The lowest BCUT2D eigenvalue weighted by Crippen LogP contribution is -2.43. The Kier molecular flexibility index (Phi) is 3.20. The molecular weight excluding hydrogens is 260 g/mol. The van der Waals surface area contributed by atoms with E-state index in [0.29, 0.717) is 36.9 Å². The summed E-state index contributed by atoms with van der Waals surface area (Å²) in [7, 11) is 0. The topological polar surface area (TPSA) is 110 Å². The number of rotatable bonds is 4. The molecule has 1 aliphatic heterocycles. The number of nitrogen functional groups attached to an aromatic ring is 1. The van der Waals surface area contributed by atoms with Crippen LogP contribution in [0.3, 0.4) is 0 Å². The average molecular weight is 278 g/mol. The molecule has 1 saturated heterocycles. The molecule has 8 heteroatoms. The fraction of sp³-hybridized carbons (Fsp3) is 0.500. The van der Waals surface area contributed by atoms with Gasteiger partial charge in [0.1, 0.15) is 5.60 Å². The summed E-state index contributed by atoms with van der Waals surface area (Å²) in [5.74, 6) is 6.48. The van der Waals surface area contributed by atoms with Crippen LogP contribution in [0.15, 0.2) is 18.6 Å². The van der Waals surface area contributed by atoms with Gasteiger partial charge in [-0.3, -0.25) is 0 Å². The molecule has 0 aromatic carbocycles. The van der Waals surface area contributed by atoms with Crippen molar-refractivity contribution >= 4 is 17.3 Å². The smallest absolute Gasteiger partial charge is 0.180 e. The molecular formula is C12H18N6O2. The zero-order valence-electron chi connectivity index (χ0n) is 11.2. The Morgan fingerprint density at radius 3 is 3.20 bits per heavy atom. The van der Waals surface area contributed by atoms with E-state index in [1.165, 1.54) is 0 Å². The Morgan fingerprint density at radius 1 is 1.65 bits per heavy atom. The summed E-state index contributed by atoms with van der Waals surface area (Å²) in [6.45, 7) is 2.78. The van der Waals surface area contributed by atoms with Crippen molar-refractivity contribution in [3.05, 3.63) is 18.6 Å². The van der Waals surface area contributed by atoms with Crippen molar-refractivity contribution in [1.29, 1.82) is 0 Å². The number of fused-ring (bicyclic) bond motifs is 1. The lowest BCUT2D eigenvalue weighted by Gasteiger charge is -2.26. The van der Waals surface area contributed by atoms with Gasteiger partial charge in [-0.1, -0.05) is 0 Å². The molecule has 0 bridgehead atoms. The van der Waals surface area contributed by atoms with E-state index in [-0.39, 0.29) is 6.10 Å². The highest BCUT2D eigenvalue weighted by Gasteiger charge is 2.39. The molecule has 108 valence electrons. The molecule has 3 heterocycles. The van der Waals surface area contributed by atoms with E-state index < -0.39 is 5.60 Å². The summed E-state index contributed by atoms with van der Waals surface area (Å²) >= 11 is 0. The molecule has 0 radical (unpaired) electrons. The summed E-state index contributed by atoms with van der Waals surface area (Å²) in [5, 5.41) is 13.6. The van der Waals surface area contributed by atoms with Crippen LogP contribution in [-0.4, -0.2) is 44.3 Å². The number of imidazole rings is 1. The van der Waals surface area contributed by atoms with Crippen LogP contribution >= 0.6 is 0 Å². The van der Waals surface area contributed by atoms with E-state index >= 15 is 0 Å². The van der Waals surface area contributed by atoms with Crippen LogP contribution in [0, 0.1) is 0 Å². The van der Waals surface area contributed by atoms with Crippen LogP contribution in [0.4, 0.5) is 11.6 Å². The van der Waals surface area contributed by atoms with Crippen molar-refractivity contribution in [3.8, 4) is 0 Å². The van der Waals surface area contributed by atoms with Crippen molar-refractivity contribution in [2.24, 2.45) is 5.84 Å². The highest BCUT2D eigenvalue weighted by molar-refractivity contribution is 5.65. The number of nitrogens with one attached hydrogen (secondary N) is 2. The van der Waals surface area contributed by atoms with Crippen LogP contribution in [-0.2, 0) is 4.74 Å². The molecule has 1 aliphatic rings. The molecule has 2 unspecified atom stereocenters. The van der Waals surface area contributed by atoms with E-state index in [1.54, 1.807) is 18.6 Å². The minimum absolute atomic E-state index is 0.207. The van der Waals surface area contributed by atoms with Gasteiger partial charge in [-0.15, -0.1) is 0 Å². The summed E-state index contributed by atoms with van der Waals surface area (Å²) in [5.41, 5.74) is 2.30. The maximum Gasteiger partial charge on any atom is 0.180 e. The Hall–Kier alpha value is -1.90. The number of nitrogens with zero attached hydrogens (tertiary/aromatic N) is 3. The molecule has 0 saturated carbocycles. The highest BCUT2D eigenvalue weighted by Crippen LogP contribution is 2.26. The number of hydrogen-bond donors (Lipinski definition) is 4. The largest absolute Gasteiger partial charge is 0.385 e. The number of anilines is 2. The predicted octanol–water partition coefficient (Wildman–Crippen LogP) is -0.0333. The van der Waals surface area contributed by atoms with Crippen LogP contribution in [0.25, 0.3) is 5.65 Å². The molecule has 2 aromatic heterocycles. The first-order valence-electron chi connectivity index (χ1n) is 6.50. The van der Waals surface area contributed by atoms with Gasteiger partial charge in [0.15, 0.2) is 17.3 Å². The van der Waals surface area contributed by atoms with Gasteiger partial charge in [0.25, 0.3) is 0 Å². The van der Waals surface area contributed by atoms with Crippen molar-refractivity contribution < 1.29 is 9.84 Å². The fourth-order valence-electron chi connectivity index (χ4n) is 2.36. The standard InChI is InChI=1S/C12H18N6O2/c1-8-12(19,2-5-20-8)7-15-10-11-14-3-4-18(11)6-9(16-10)17-13/h3-4,6,8,17,19H,2,5,7,13H2,1H3,(H,15,16).